The first kappa shape index (κ1) is 33.6. The average molecular weight is 757 g/mol. The summed E-state index contributed by atoms with van der Waals surface area (Å²) in [7, 11) is 0. The normalized spacial score (nSPS) is 15.7. The number of rotatable bonds is 5. The van der Waals surface area contributed by atoms with Crippen LogP contribution in [0.5, 0.6) is 0 Å². The molecule has 0 fully saturated rings. The molecule has 0 bridgehead atoms. The van der Waals surface area contributed by atoms with E-state index in [1.165, 1.54) is 27.5 Å². The minimum absolute atomic E-state index is 0.0172. The van der Waals surface area contributed by atoms with Crippen LogP contribution in [0.15, 0.2) is 207 Å². The van der Waals surface area contributed by atoms with Gasteiger partial charge >= 0.3 is 0 Å². The van der Waals surface area contributed by atoms with Gasteiger partial charge in [0.2, 0.25) is 0 Å². The van der Waals surface area contributed by atoms with Gasteiger partial charge in [-0.15, -0.1) is 0 Å². The zero-order valence-corrected chi connectivity index (χ0v) is 32.3. The summed E-state index contributed by atoms with van der Waals surface area (Å²) in [5.74, 6) is 0.726. The molecule has 0 spiro atoms. The fraction of sp³-hybridized carbons (Fsp3) is 0.0545. The fourth-order valence-corrected chi connectivity index (χ4v) is 9.41. The van der Waals surface area contributed by atoms with Crippen LogP contribution < -0.4 is 0 Å². The first-order valence-electron chi connectivity index (χ1n) is 20.3. The van der Waals surface area contributed by atoms with Gasteiger partial charge in [-0.05, 0) is 85.3 Å². The van der Waals surface area contributed by atoms with Crippen molar-refractivity contribution in [3.05, 3.63) is 205 Å². The van der Waals surface area contributed by atoms with Crippen molar-refractivity contribution in [1.82, 2.24) is 0 Å². The molecule has 12 rings (SSSR count). The molecule has 2 atom stereocenters. The first-order valence-corrected chi connectivity index (χ1v) is 20.3. The number of furan rings is 2. The average Bonchev–Trinajstić information content (AvgIpc) is 3.87. The second kappa shape index (κ2) is 13.3. The van der Waals surface area contributed by atoms with E-state index in [2.05, 4.69) is 177 Å². The van der Waals surface area contributed by atoms with E-state index in [1.54, 1.807) is 0 Å². The van der Waals surface area contributed by atoms with Gasteiger partial charge in [0.15, 0.2) is 5.84 Å². The minimum atomic E-state index is -0.160. The van der Waals surface area contributed by atoms with E-state index >= 15 is 0 Å². The largest absolute Gasteiger partial charge is 0.456 e. The van der Waals surface area contributed by atoms with Crippen LogP contribution in [0.4, 0.5) is 0 Å². The van der Waals surface area contributed by atoms with Crippen molar-refractivity contribution >= 4 is 77.0 Å². The maximum absolute atomic E-state index is 6.76. The van der Waals surface area contributed by atoms with E-state index < -0.39 is 0 Å². The van der Waals surface area contributed by atoms with Crippen LogP contribution in [-0.2, 0) is 0 Å². The SMILES string of the molecule is CC1C(c2ccc(-c3ccccc3)cc2)=NC(c2cc3oc4ccc(-c5cccc6oc7ccccc7c56)cc4c3c3ccccc23)=NC1c1cccc2ccccc12. The van der Waals surface area contributed by atoms with Gasteiger partial charge in [0, 0.05) is 33.0 Å². The van der Waals surface area contributed by atoms with Gasteiger partial charge in [0.05, 0.1) is 11.8 Å². The molecule has 9 aromatic carbocycles. The van der Waals surface area contributed by atoms with E-state index in [4.69, 9.17) is 18.8 Å². The minimum Gasteiger partial charge on any atom is -0.456 e. The predicted molar refractivity (Wildman–Crippen MR) is 245 cm³/mol. The Kier molecular flexibility index (Phi) is 7.54. The molecule has 0 aliphatic carbocycles. The maximum Gasteiger partial charge on any atom is 0.156 e. The van der Waals surface area contributed by atoms with Gasteiger partial charge in [0.1, 0.15) is 22.3 Å². The molecule has 2 aromatic heterocycles. The third-order valence-electron chi connectivity index (χ3n) is 12.3. The summed E-state index contributed by atoms with van der Waals surface area (Å²) in [5.41, 5.74) is 12.3. The lowest BCUT2D eigenvalue weighted by molar-refractivity contribution is 0.596. The Morgan fingerprint density at radius 3 is 1.90 bits per heavy atom. The Morgan fingerprint density at radius 1 is 0.407 bits per heavy atom. The molecule has 1 aliphatic rings. The first-order chi connectivity index (χ1) is 29.2. The lowest BCUT2D eigenvalue weighted by atomic mass is 9.84. The quantitative estimate of drug-likeness (QED) is 0.176. The molecule has 0 saturated carbocycles. The summed E-state index contributed by atoms with van der Waals surface area (Å²) in [6.07, 6.45) is 0. The van der Waals surface area contributed by atoms with Crippen molar-refractivity contribution < 1.29 is 8.83 Å². The predicted octanol–water partition coefficient (Wildman–Crippen LogP) is 14.8. The third-order valence-corrected chi connectivity index (χ3v) is 12.3. The van der Waals surface area contributed by atoms with Gasteiger partial charge in [-0.2, -0.15) is 0 Å². The van der Waals surface area contributed by atoms with Crippen molar-refractivity contribution in [1.29, 1.82) is 0 Å². The van der Waals surface area contributed by atoms with E-state index in [1.807, 2.05) is 18.2 Å². The van der Waals surface area contributed by atoms with E-state index in [0.29, 0.717) is 5.84 Å². The molecule has 0 N–H and O–H groups in total. The van der Waals surface area contributed by atoms with Gasteiger partial charge < -0.3 is 8.83 Å². The monoisotopic (exact) mass is 756 g/mol. The van der Waals surface area contributed by atoms with Crippen molar-refractivity contribution in [2.24, 2.45) is 15.9 Å². The number of hydrogen-bond acceptors (Lipinski definition) is 4. The molecule has 2 unspecified atom stereocenters. The van der Waals surface area contributed by atoms with Crippen LogP contribution in [0.1, 0.15) is 29.7 Å². The molecule has 59 heavy (non-hydrogen) atoms. The molecule has 11 aromatic rings. The summed E-state index contributed by atoms with van der Waals surface area (Å²) in [5, 5.41) is 9.00. The highest BCUT2D eigenvalue weighted by Gasteiger charge is 2.31. The van der Waals surface area contributed by atoms with Gasteiger partial charge in [-0.25, -0.2) is 4.99 Å². The smallest absolute Gasteiger partial charge is 0.156 e. The summed E-state index contributed by atoms with van der Waals surface area (Å²) in [6, 6.07) is 66.3. The number of para-hydroxylation sites is 1. The number of hydrogen-bond donors (Lipinski definition) is 0. The summed E-state index contributed by atoms with van der Waals surface area (Å²) >= 11 is 0. The maximum atomic E-state index is 6.76. The molecule has 1 aliphatic heterocycles. The Hall–Kier alpha value is -7.56. The topological polar surface area (TPSA) is 51.0 Å². The van der Waals surface area contributed by atoms with Crippen molar-refractivity contribution in [2.75, 3.05) is 0 Å². The Bertz CT molecular complexity index is 3510. The number of benzene rings is 9. The molecule has 3 heterocycles. The third kappa shape index (κ3) is 5.37. The lowest BCUT2D eigenvalue weighted by Gasteiger charge is -2.29. The number of fused-ring (bicyclic) bond motifs is 9. The zero-order valence-electron chi connectivity index (χ0n) is 32.3. The standard InChI is InChI=1S/C55H36N2O2/c1-33-53(37-27-25-35(26-28-37)34-13-3-2-4-14-34)56-55(57-54(33)43-22-11-16-36-15-5-6-17-39(36)43)45-32-50-52(42-19-8-7-18-41(42)45)46-31-38(29-30-48(46)59-50)40-21-12-24-49-51(40)44-20-9-10-23-47(44)58-49/h2-33,54H,1H3. The van der Waals surface area contributed by atoms with Crippen LogP contribution in [-0.4, -0.2) is 11.5 Å². The van der Waals surface area contributed by atoms with Crippen molar-refractivity contribution in [2.45, 2.75) is 13.0 Å². The van der Waals surface area contributed by atoms with Crippen LogP contribution in [0.25, 0.3) is 87.7 Å². The van der Waals surface area contributed by atoms with Crippen molar-refractivity contribution in [3.8, 4) is 22.3 Å². The Balaban J connectivity index is 1.05. The molecular formula is C55H36N2O2. The molecule has 4 nitrogen and oxygen atoms in total. The molecule has 4 heteroatoms. The van der Waals surface area contributed by atoms with Crippen molar-refractivity contribution in [3.63, 3.8) is 0 Å². The van der Waals surface area contributed by atoms with Crippen LogP contribution in [0.3, 0.4) is 0 Å². The second-order valence-electron chi connectivity index (χ2n) is 15.6. The Morgan fingerprint density at radius 2 is 1.03 bits per heavy atom. The van der Waals surface area contributed by atoms with E-state index in [9.17, 15) is 0 Å². The zero-order chi connectivity index (χ0) is 39.0. The summed E-state index contributed by atoms with van der Waals surface area (Å²) in [4.78, 5) is 11.1. The highest BCUT2D eigenvalue weighted by molar-refractivity contribution is 6.27. The van der Waals surface area contributed by atoms with Gasteiger partial charge in [-0.3, -0.25) is 4.99 Å². The number of amidine groups is 1. The lowest BCUT2D eigenvalue weighted by Crippen LogP contribution is -2.26. The second-order valence-corrected chi connectivity index (χ2v) is 15.6. The fourth-order valence-electron chi connectivity index (χ4n) is 9.41. The summed E-state index contributed by atoms with van der Waals surface area (Å²) < 4.78 is 13.0. The number of nitrogens with zero attached hydrogens (tertiary/aromatic N) is 2. The molecule has 0 saturated heterocycles. The van der Waals surface area contributed by atoms with Crippen LogP contribution >= 0.6 is 0 Å². The highest BCUT2D eigenvalue weighted by Crippen LogP contribution is 2.43. The Labute approximate surface area is 340 Å². The summed E-state index contributed by atoms with van der Waals surface area (Å²) in [6.45, 7) is 2.27. The van der Waals surface area contributed by atoms with Crippen LogP contribution in [0.2, 0.25) is 0 Å². The van der Waals surface area contributed by atoms with Gasteiger partial charge in [-0.1, -0.05) is 165 Å². The molecule has 0 radical (unpaired) electrons. The number of aliphatic imine (C=N–C) groups is 2. The van der Waals surface area contributed by atoms with Crippen LogP contribution in [0, 0.1) is 5.92 Å². The van der Waals surface area contributed by atoms with E-state index in [-0.39, 0.29) is 12.0 Å². The highest BCUT2D eigenvalue weighted by atomic mass is 16.3. The van der Waals surface area contributed by atoms with Gasteiger partial charge in [0.25, 0.3) is 0 Å². The van der Waals surface area contributed by atoms with E-state index in [0.717, 1.165) is 82.6 Å². The molecule has 0 amide bonds. The molecule has 278 valence electrons. The molecular weight excluding hydrogens is 721 g/mol.